The number of carbonyl (C=O) groups is 3. The van der Waals surface area contributed by atoms with Crippen LogP contribution in [0.1, 0.15) is 16.7 Å². The third-order valence-corrected chi connectivity index (χ3v) is 2.75. The van der Waals surface area contributed by atoms with Crippen molar-refractivity contribution < 1.29 is 29.7 Å². The summed E-state index contributed by atoms with van der Waals surface area (Å²) < 4.78 is 0. The van der Waals surface area contributed by atoms with Crippen molar-refractivity contribution >= 4 is 34.6 Å². The fraction of sp³-hybridized carbons (Fsp3) is 0. The average molecular weight is 288 g/mol. The van der Waals surface area contributed by atoms with Crippen LogP contribution in [-0.2, 0) is 14.4 Å². The van der Waals surface area contributed by atoms with Gasteiger partial charge in [-0.05, 0) is 34.9 Å². The summed E-state index contributed by atoms with van der Waals surface area (Å²) in [6.07, 6.45) is 0. The van der Waals surface area contributed by atoms with Gasteiger partial charge in [0.25, 0.3) is 0 Å². The number of benzene rings is 1. The maximum atomic E-state index is 11.0. The van der Waals surface area contributed by atoms with Gasteiger partial charge >= 0.3 is 17.9 Å². The monoisotopic (exact) mass is 288 g/mol. The van der Waals surface area contributed by atoms with Gasteiger partial charge in [-0.3, -0.25) is 0 Å². The Labute approximate surface area is 120 Å². The largest absolute Gasteiger partial charge is 0.478 e. The van der Waals surface area contributed by atoms with Crippen LogP contribution in [0.4, 0.5) is 0 Å². The zero-order valence-electron chi connectivity index (χ0n) is 10.9. The molecule has 108 valence electrons. The highest BCUT2D eigenvalue weighted by molar-refractivity contribution is 6.19. The minimum Gasteiger partial charge on any atom is -0.478 e. The summed E-state index contributed by atoms with van der Waals surface area (Å²) in [4.78, 5) is 32.9. The summed E-state index contributed by atoms with van der Waals surface area (Å²) in [6, 6.07) is 3.81. The Morgan fingerprint density at radius 1 is 0.619 bits per heavy atom. The molecule has 1 aromatic rings. The number of rotatable bonds is 6. The number of aliphatic carboxylic acids is 3. The lowest BCUT2D eigenvalue weighted by atomic mass is 9.94. The van der Waals surface area contributed by atoms with Crippen molar-refractivity contribution in [1.82, 2.24) is 0 Å². The van der Waals surface area contributed by atoms with E-state index >= 15 is 0 Å². The van der Waals surface area contributed by atoms with E-state index in [-0.39, 0.29) is 33.4 Å². The maximum Gasteiger partial charge on any atom is 0.335 e. The summed E-state index contributed by atoms with van der Waals surface area (Å²) >= 11 is 0. The molecule has 0 saturated carbocycles. The van der Waals surface area contributed by atoms with Gasteiger partial charge in [0.05, 0.1) is 16.7 Å². The molecule has 0 amide bonds. The average Bonchev–Trinajstić information content (AvgIpc) is 2.43. The Morgan fingerprint density at radius 3 is 0.952 bits per heavy atom. The third kappa shape index (κ3) is 3.44. The maximum absolute atomic E-state index is 11.0. The van der Waals surface area contributed by atoms with Crippen LogP contribution < -0.4 is 0 Å². The highest BCUT2D eigenvalue weighted by atomic mass is 16.4. The lowest BCUT2D eigenvalue weighted by Crippen LogP contribution is -2.05. The Balaban J connectivity index is 3.53. The molecule has 0 heterocycles. The summed E-state index contributed by atoms with van der Waals surface area (Å²) in [7, 11) is 0. The minimum atomic E-state index is -1.31. The van der Waals surface area contributed by atoms with Crippen LogP contribution in [0.25, 0.3) is 16.7 Å². The van der Waals surface area contributed by atoms with Gasteiger partial charge in [0.15, 0.2) is 0 Å². The van der Waals surface area contributed by atoms with Gasteiger partial charge in [-0.25, -0.2) is 14.4 Å². The van der Waals surface area contributed by atoms with Crippen molar-refractivity contribution in [3.63, 3.8) is 0 Å². The Kier molecular flexibility index (Phi) is 4.45. The first-order valence-corrected chi connectivity index (χ1v) is 5.58. The molecule has 0 aromatic heterocycles. The van der Waals surface area contributed by atoms with E-state index in [9.17, 15) is 14.4 Å². The van der Waals surface area contributed by atoms with Gasteiger partial charge in [0.2, 0.25) is 0 Å². The van der Waals surface area contributed by atoms with Crippen molar-refractivity contribution in [3.8, 4) is 0 Å². The second-order valence-corrected chi connectivity index (χ2v) is 4.15. The number of carboxylic acid groups (broad SMARTS) is 3. The zero-order chi connectivity index (χ0) is 16.3. The highest BCUT2D eigenvalue weighted by Gasteiger charge is 2.17. The smallest absolute Gasteiger partial charge is 0.335 e. The van der Waals surface area contributed by atoms with E-state index in [0.717, 1.165) is 0 Å². The van der Waals surface area contributed by atoms with Gasteiger partial charge < -0.3 is 15.3 Å². The molecule has 0 fully saturated rings. The molecule has 0 bridgehead atoms. The predicted molar refractivity (Wildman–Crippen MR) is 76.5 cm³/mol. The van der Waals surface area contributed by atoms with Gasteiger partial charge in [-0.2, -0.15) is 0 Å². The lowest BCUT2D eigenvalue weighted by molar-refractivity contribution is -0.131. The molecule has 6 nitrogen and oxygen atoms in total. The van der Waals surface area contributed by atoms with Crippen molar-refractivity contribution in [3.05, 3.63) is 54.6 Å². The van der Waals surface area contributed by atoms with Gasteiger partial charge in [-0.15, -0.1) is 0 Å². The zero-order valence-corrected chi connectivity index (χ0v) is 10.9. The van der Waals surface area contributed by atoms with Crippen LogP contribution in [-0.4, -0.2) is 33.2 Å². The fourth-order valence-corrected chi connectivity index (χ4v) is 1.52. The molecule has 1 aromatic carbocycles. The van der Waals surface area contributed by atoms with E-state index in [1.165, 1.54) is 18.2 Å². The third-order valence-electron chi connectivity index (χ3n) is 2.75. The fourth-order valence-electron chi connectivity index (χ4n) is 1.52. The second kappa shape index (κ2) is 5.87. The van der Waals surface area contributed by atoms with E-state index in [2.05, 4.69) is 19.7 Å². The quantitative estimate of drug-likeness (QED) is 0.690. The highest BCUT2D eigenvalue weighted by Crippen LogP contribution is 2.25. The molecule has 0 spiro atoms. The summed E-state index contributed by atoms with van der Waals surface area (Å²) in [6.45, 7) is 10.1. The molecule has 0 aliphatic heterocycles. The Bertz CT molecular complexity index is 589. The first-order valence-electron chi connectivity index (χ1n) is 5.58. The van der Waals surface area contributed by atoms with E-state index in [1.54, 1.807) is 0 Å². The van der Waals surface area contributed by atoms with E-state index in [4.69, 9.17) is 15.3 Å². The first kappa shape index (κ1) is 15.9. The number of carboxylic acids is 3. The Hall–Kier alpha value is -3.15. The number of hydrogen-bond acceptors (Lipinski definition) is 3. The standard InChI is InChI=1S/C15H12O6/c1-7(13(16)17)10-4-11(8(2)14(18)19)6-12(5-10)9(3)15(20)21/h4-6H,1-3H2,(H,16,17)(H,18,19)(H,20,21). The van der Waals surface area contributed by atoms with Gasteiger partial charge in [-0.1, -0.05) is 19.7 Å². The first-order chi connectivity index (χ1) is 9.65. The molecule has 21 heavy (non-hydrogen) atoms. The second-order valence-electron chi connectivity index (χ2n) is 4.15. The lowest BCUT2D eigenvalue weighted by Gasteiger charge is -2.10. The predicted octanol–water partition coefficient (Wildman–Crippen LogP) is 1.98. The molecule has 0 saturated heterocycles. The van der Waals surface area contributed by atoms with Crippen molar-refractivity contribution in [2.45, 2.75) is 0 Å². The topological polar surface area (TPSA) is 112 Å². The van der Waals surface area contributed by atoms with Gasteiger partial charge in [0, 0.05) is 0 Å². The van der Waals surface area contributed by atoms with Crippen LogP contribution in [0, 0.1) is 0 Å². The van der Waals surface area contributed by atoms with E-state index < -0.39 is 17.9 Å². The number of hydrogen-bond donors (Lipinski definition) is 3. The van der Waals surface area contributed by atoms with Crippen LogP contribution in [0.5, 0.6) is 0 Å². The molecule has 0 radical (unpaired) electrons. The minimum absolute atomic E-state index is 0.0831. The van der Waals surface area contributed by atoms with Gasteiger partial charge in [0.1, 0.15) is 0 Å². The molecule has 0 aliphatic rings. The van der Waals surface area contributed by atoms with Crippen LogP contribution in [0.3, 0.4) is 0 Å². The normalized spacial score (nSPS) is 9.71. The van der Waals surface area contributed by atoms with Crippen molar-refractivity contribution in [2.24, 2.45) is 0 Å². The molecule has 3 N–H and O–H groups in total. The molecular formula is C15H12O6. The van der Waals surface area contributed by atoms with Crippen molar-refractivity contribution in [1.29, 1.82) is 0 Å². The Morgan fingerprint density at radius 2 is 0.810 bits per heavy atom. The summed E-state index contributed by atoms with van der Waals surface area (Å²) in [5.74, 6) is -3.92. The van der Waals surface area contributed by atoms with Crippen LogP contribution in [0.2, 0.25) is 0 Å². The van der Waals surface area contributed by atoms with Crippen molar-refractivity contribution in [2.75, 3.05) is 0 Å². The van der Waals surface area contributed by atoms with E-state index in [0.29, 0.717) is 0 Å². The SMILES string of the molecule is C=C(C(=O)O)c1cc(C(=C)C(=O)O)cc(C(=C)C(=O)O)c1. The summed E-state index contributed by atoms with van der Waals surface area (Å²) in [5, 5.41) is 26.8. The molecule has 0 atom stereocenters. The molecule has 6 heteroatoms. The molecule has 1 rings (SSSR count). The summed E-state index contributed by atoms with van der Waals surface area (Å²) in [5.41, 5.74) is -0.641. The molecular weight excluding hydrogens is 276 g/mol. The van der Waals surface area contributed by atoms with Crippen LogP contribution >= 0.6 is 0 Å². The molecule has 0 unspecified atom stereocenters. The molecule has 0 aliphatic carbocycles. The van der Waals surface area contributed by atoms with E-state index in [1.807, 2.05) is 0 Å². The van der Waals surface area contributed by atoms with Crippen LogP contribution in [0.15, 0.2) is 37.9 Å².